The average Bonchev–Trinajstić information content (AvgIpc) is 2.61. The lowest BCUT2D eigenvalue weighted by Crippen LogP contribution is -2.19. The van der Waals surface area contributed by atoms with Gasteiger partial charge in [-0.2, -0.15) is 0 Å². The van der Waals surface area contributed by atoms with Crippen molar-refractivity contribution in [2.75, 3.05) is 11.9 Å². The van der Waals surface area contributed by atoms with Gasteiger partial charge in [-0.25, -0.2) is 4.98 Å². The second-order valence-corrected chi connectivity index (χ2v) is 5.81. The van der Waals surface area contributed by atoms with Crippen LogP contribution in [0.25, 0.3) is 0 Å². The summed E-state index contributed by atoms with van der Waals surface area (Å²) in [6.07, 6.45) is 1.54. The summed E-state index contributed by atoms with van der Waals surface area (Å²) in [4.78, 5) is 19.6. The van der Waals surface area contributed by atoms with E-state index < -0.39 is 0 Å². The lowest BCUT2D eigenvalue weighted by molar-refractivity contribution is 0.932. The van der Waals surface area contributed by atoms with Gasteiger partial charge in [0.25, 0.3) is 5.56 Å². The second kappa shape index (κ2) is 7.59. The Kier molecular flexibility index (Phi) is 5.06. The van der Waals surface area contributed by atoms with Crippen LogP contribution in [0.4, 0.5) is 5.95 Å². The smallest absolute Gasteiger partial charge is 0.255 e. The lowest BCUT2D eigenvalue weighted by Gasteiger charge is -2.10. The van der Waals surface area contributed by atoms with Gasteiger partial charge in [0.2, 0.25) is 5.95 Å². The van der Waals surface area contributed by atoms with Gasteiger partial charge in [0, 0.05) is 18.5 Å². The summed E-state index contributed by atoms with van der Waals surface area (Å²) in [6.45, 7) is 2.54. The number of nitrogens with one attached hydrogen (secondary N) is 2. The van der Waals surface area contributed by atoms with E-state index in [1.165, 1.54) is 5.56 Å². The molecule has 0 amide bonds. The van der Waals surface area contributed by atoms with Crippen LogP contribution in [0, 0.1) is 6.92 Å². The molecule has 0 unspecified atom stereocenters. The van der Waals surface area contributed by atoms with Crippen LogP contribution in [0.2, 0.25) is 0 Å². The summed E-state index contributed by atoms with van der Waals surface area (Å²) < 4.78 is 0. The highest BCUT2D eigenvalue weighted by atomic mass is 16.1. The number of benzene rings is 2. The fourth-order valence-electron chi connectivity index (χ4n) is 2.59. The Labute approximate surface area is 141 Å². The van der Waals surface area contributed by atoms with Gasteiger partial charge < -0.3 is 5.32 Å². The number of hydrogen-bond acceptors (Lipinski definition) is 3. The molecule has 0 spiro atoms. The molecule has 0 bridgehead atoms. The van der Waals surface area contributed by atoms with Crippen LogP contribution in [0.5, 0.6) is 0 Å². The highest BCUT2D eigenvalue weighted by molar-refractivity contribution is 5.33. The molecule has 0 aliphatic heterocycles. The zero-order valence-electron chi connectivity index (χ0n) is 13.8. The van der Waals surface area contributed by atoms with Gasteiger partial charge in [0.1, 0.15) is 0 Å². The largest absolute Gasteiger partial charge is 0.355 e. The highest BCUT2D eigenvalue weighted by Gasteiger charge is 2.08. The van der Waals surface area contributed by atoms with Crippen LogP contribution in [0.3, 0.4) is 0 Å². The maximum Gasteiger partial charge on any atom is 0.255 e. The SMILES string of the molecule is Cc1c(Cc2ccccc2)nc(NCCc2ccccc2)[nH]c1=O. The minimum Gasteiger partial charge on any atom is -0.355 e. The van der Waals surface area contributed by atoms with Gasteiger partial charge >= 0.3 is 0 Å². The Morgan fingerprint density at radius 2 is 1.58 bits per heavy atom. The van der Waals surface area contributed by atoms with Gasteiger partial charge in [-0.15, -0.1) is 0 Å². The van der Waals surface area contributed by atoms with Crippen molar-refractivity contribution in [3.8, 4) is 0 Å². The normalized spacial score (nSPS) is 10.5. The fourth-order valence-corrected chi connectivity index (χ4v) is 2.59. The van der Waals surface area contributed by atoms with E-state index in [-0.39, 0.29) is 5.56 Å². The van der Waals surface area contributed by atoms with Crippen LogP contribution in [-0.4, -0.2) is 16.5 Å². The quantitative estimate of drug-likeness (QED) is 0.733. The minimum atomic E-state index is -0.0851. The van der Waals surface area contributed by atoms with Crippen molar-refractivity contribution in [2.45, 2.75) is 19.8 Å². The maximum atomic E-state index is 12.1. The number of anilines is 1. The van der Waals surface area contributed by atoms with E-state index in [1.54, 1.807) is 0 Å². The molecule has 0 saturated carbocycles. The van der Waals surface area contributed by atoms with E-state index in [0.29, 0.717) is 17.9 Å². The molecule has 2 N–H and O–H groups in total. The molecular weight excluding hydrogens is 298 g/mol. The van der Waals surface area contributed by atoms with Gasteiger partial charge in [-0.05, 0) is 24.5 Å². The van der Waals surface area contributed by atoms with Gasteiger partial charge in [0.05, 0.1) is 5.69 Å². The molecule has 3 aromatic rings. The predicted molar refractivity (Wildman–Crippen MR) is 97.5 cm³/mol. The maximum absolute atomic E-state index is 12.1. The summed E-state index contributed by atoms with van der Waals surface area (Å²) in [6, 6.07) is 20.3. The fraction of sp³-hybridized carbons (Fsp3) is 0.200. The van der Waals surface area contributed by atoms with Crippen molar-refractivity contribution in [3.63, 3.8) is 0 Å². The number of rotatable bonds is 6. The molecule has 2 aromatic carbocycles. The Balaban J connectivity index is 1.71. The van der Waals surface area contributed by atoms with E-state index in [2.05, 4.69) is 27.4 Å². The molecule has 1 heterocycles. The summed E-state index contributed by atoms with van der Waals surface area (Å²) in [5, 5.41) is 3.22. The molecule has 122 valence electrons. The molecule has 1 aromatic heterocycles. The molecule has 3 rings (SSSR count). The topological polar surface area (TPSA) is 57.8 Å². The van der Waals surface area contributed by atoms with Gasteiger partial charge in [0.15, 0.2) is 0 Å². The molecule has 0 fully saturated rings. The van der Waals surface area contributed by atoms with Crippen LogP contribution in [-0.2, 0) is 12.8 Å². The van der Waals surface area contributed by atoms with Crippen LogP contribution in [0.1, 0.15) is 22.4 Å². The lowest BCUT2D eigenvalue weighted by atomic mass is 10.1. The first-order valence-corrected chi connectivity index (χ1v) is 8.14. The summed E-state index contributed by atoms with van der Waals surface area (Å²) >= 11 is 0. The van der Waals surface area contributed by atoms with Crippen LogP contribution >= 0.6 is 0 Å². The molecule has 0 aliphatic rings. The van der Waals surface area contributed by atoms with E-state index in [4.69, 9.17) is 0 Å². The van der Waals surface area contributed by atoms with Crippen LogP contribution in [0.15, 0.2) is 65.5 Å². The molecule has 0 saturated heterocycles. The molecular formula is C20H21N3O. The van der Waals surface area contributed by atoms with Crippen LogP contribution < -0.4 is 10.9 Å². The third kappa shape index (κ3) is 4.10. The van der Waals surface area contributed by atoms with E-state index in [1.807, 2.05) is 55.5 Å². The Bertz CT molecular complexity index is 842. The zero-order valence-corrected chi connectivity index (χ0v) is 13.8. The second-order valence-electron chi connectivity index (χ2n) is 5.81. The number of aromatic nitrogens is 2. The Hall–Kier alpha value is -2.88. The summed E-state index contributed by atoms with van der Waals surface area (Å²) in [5.74, 6) is 0.535. The van der Waals surface area contributed by atoms with Gasteiger partial charge in [-0.3, -0.25) is 9.78 Å². The predicted octanol–water partition coefficient (Wildman–Crippen LogP) is 3.32. The van der Waals surface area contributed by atoms with E-state index >= 15 is 0 Å². The van der Waals surface area contributed by atoms with E-state index in [9.17, 15) is 4.79 Å². The first kappa shape index (κ1) is 16.0. The third-order valence-electron chi connectivity index (χ3n) is 4.02. The molecule has 0 aliphatic carbocycles. The number of aromatic amines is 1. The summed E-state index contributed by atoms with van der Waals surface area (Å²) in [5.41, 5.74) is 3.80. The van der Waals surface area contributed by atoms with E-state index in [0.717, 1.165) is 24.2 Å². The minimum absolute atomic E-state index is 0.0851. The van der Waals surface area contributed by atoms with Crippen molar-refractivity contribution in [1.82, 2.24) is 9.97 Å². The average molecular weight is 319 g/mol. The van der Waals surface area contributed by atoms with Crippen molar-refractivity contribution >= 4 is 5.95 Å². The molecule has 4 nitrogen and oxygen atoms in total. The van der Waals surface area contributed by atoms with Crippen molar-refractivity contribution in [1.29, 1.82) is 0 Å². The Morgan fingerprint density at radius 1 is 0.958 bits per heavy atom. The van der Waals surface area contributed by atoms with Crippen molar-refractivity contribution in [2.24, 2.45) is 0 Å². The highest BCUT2D eigenvalue weighted by Crippen LogP contribution is 2.10. The van der Waals surface area contributed by atoms with Gasteiger partial charge in [-0.1, -0.05) is 60.7 Å². The number of nitrogens with zero attached hydrogens (tertiary/aromatic N) is 1. The zero-order chi connectivity index (χ0) is 16.8. The van der Waals surface area contributed by atoms with Crippen molar-refractivity contribution in [3.05, 3.63) is 93.4 Å². The molecule has 24 heavy (non-hydrogen) atoms. The number of hydrogen-bond donors (Lipinski definition) is 2. The molecule has 4 heteroatoms. The number of H-pyrrole nitrogens is 1. The monoisotopic (exact) mass is 319 g/mol. The first-order valence-electron chi connectivity index (χ1n) is 8.14. The molecule has 0 radical (unpaired) electrons. The third-order valence-corrected chi connectivity index (χ3v) is 4.02. The first-order chi connectivity index (χ1) is 11.7. The molecule has 0 atom stereocenters. The Morgan fingerprint density at radius 3 is 2.25 bits per heavy atom. The van der Waals surface area contributed by atoms with Crippen molar-refractivity contribution < 1.29 is 0 Å². The standard InChI is InChI=1S/C20H21N3O/c1-15-18(14-17-10-6-3-7-11-17)22-20(23-19(15)24)21-13-12-16-8-4-2-5-9-16/h2-11H,12-14H2,1H3,(H2,21,22,23,24). The summed E-state index contributed by atoms with van der Waals surface area (Å²) in [7, 11) is 0.